The first-order valence-electron chi connectivity index (χ1n) is 10.8. The van der Waals surface area contributed by atoms with Crippen molar-refractivity contribution in [2.45, 2.75) is 75.0 Å². The number of nitrogens with one attached hydrogen (secondary N) is 1. The number of hydrogen-bond donors (Lipinski definition) is 1. The topological polar surface area (TPSA) is 59.8 Å². The number of aryl methyl sites for hydroxylation is 1. The van der Waals surface area contributed by atoms with Crippen LogP contribution in [0, 0.1) is 0 Å². The number of carbonyl (C=O) groups excluding carboxylic acids is 1. The van der Waals surface area contributed by atoms with Crippen LogP contribution in [0.1, 0.15) is 73.9 Å². The van der Waals surface area contributed by atoms with Gasteiger partial charge in [-0.25, -0.2) is 0 Å². The van der Waals surface area contributed by atoms with E-state index in [9.17, 15) is 4.79 Å². The molecule has 4 rings (SSSR count). The van der Waals surface area contributed by atoms with E-state index in [2.05, 4.69) is 50.9 Å². The summed E-state index contributed by atoms with van der Waals surface area (Å²) in [4.78, 5) is 12.7. The number of allylic oxidation sites excluding steroid dienone is 1. The van der Waals surface area contributed by atoms with Gasteiger partial charge in [0.1, 0.15) is 5.82 Å². The smallest absolute Gasteiger partial charge is 0.230 e. The Morgan fingerprint density at radius 1 is 1.17 bits per heavy atom. The number of carbonyl (C=O) groups is 1. The second-order valence-corrected chi connectivity index (χ2v) is 9.02. The van der Waals surface area contributed by atoms with Crippen molar-refractivity contribution in [3.8, 4) is 0 Å². The zero-order valence-electron chi connectivity index (χ0n) is 17.0. The first kappa shape index (κ1) is 20.2. The molecule has 1 atom stereocenters. The van der Waals surface area contributed by atoms with E-state index >= 15 is 0 Å². The lowest BCUT2D eigenvalue weighted by atomic mass is 9.88. The van der Waals surface area contributed by atoms with Gasteiger partial charge in [-0.3, -0.25) is 4.79 Å². The maximum atomic E-state index is 12.7. The molecule has 2 aromatic rings. The molecular formula is C23H30N4OS. The Morgan fingerprint density at radius 2 is 2.00 bits per heavy atom. The molecule has 2 aliphatic carbocycles. The molecule has 0 spiro atoms. The summed E-state index contributed by atoms with van der Waals surface area (Å²) in [5.74, 6) is 1.97. The Hall–Kier alpha value is -2.08. The van der Waals surface area contributed by atoms with Gasteiger partial charge in [0.25, 0.3) is 0 Å². The molecule has 1 heterocycles. The first-order valence-corrected chi connectivity index (χ1v) is 11.8. The van der Waals surface area contributed by atoms with Gasteiger partial charge >= 0.3 is 0 Å². The number of aromatic nitrogens is 3. The van der Waals surface area contributed by atoms with Crippen LogP contribution in [-0.4, -0.2) is 26.4 Å². The summed E-state index contributed by atoms with van der Waals surface area (Å²) in [7, 11) is 0. The highest BCUT2D eigenvalue weighted by Gasteiger charge is 2.24. The van der Waals surface area contributed by atoms with Crippen LogP contribution in [-0.2, 0) is 17.8 Å². The van der Waals surface area contributed by atoms with E-state index in [-0.39, 0.29) is 11.9 Å². The summed E-state index contributed by atoms with van der Waals surface area (Å²) in [5, 5.41) is 13.0. The van der Waals surface area contributed by atoms with Crippen LogP contribution in [0.25, 0.3) is 0 Å². The average molecular weight is 411 g/mol. The van der Waals surface area contributed by atoms with E-state index in [1.165, 1.54) is 55.0 Å². The minimum Gasteiger partial charge on any atom is -0.349 e. The van der Waals surface area contributed by atoms with Crippen molar-refractivity contribution in [2.75, 3.05) is 5.75 Å². The fraction of sp³-hybridized carbons (Fsp3) is 0.522. The van der Waals surface area contributed by atoms with Crippen LogP contribution in [0.4, 0.5) is 0 Å². The molecule has 2 aliphatic rings. The van der Waals surface area contributed by atoms with E-state index < -0.39 is 0 Å². The SMILES string of the molecule is C=CCn1c(SCC(=O)N[C@H]2CCCc3ccccc32)nnc1C1CCCCC1. The van der Waals surface area contributed by atoms with Gasteiger partial charge in [0.2, 0.25) is 5.91 Å². The molecule has 1 fully saturated rings. The van der Waals surface area contributed by atoms with Gasteiger partial charge in [-0.2, -0.15) is 0 Å². The molecule has 0 aliphatic heterocycles. The number of benzene rings is 1. The van der Waals surface area contributed by atoms with Crippen molar-refractivity contribution in [1.29, 1.82) is 0 Å². The van der Waals surface area contributed by atoms with E-state index in [4.69, 9.17) is 0 Å². The van der Waals surface area contributed by atoms with Crippen LogP contribution in [0.15, 0.2) is 42.1 Å². The molecular weight excluding hydrogens is 380 g/mol. The minimum atomic E-state index is 0.0593. The number of fused-ring (bicyclic) bond motifs is 1. The van der Waals surface area contributed by atoms with Gasteiger partial charge in [0, 0.05) is 12.5 Å². The van der Waals surface area contributed by atoms with E-state index in [1.54, 1.807) is 0 Å². The third-order valence-electron chi connectivity index (χ3n) is 6.06. The lowest BCUT2D eigenvalue weighted by Gasteiger charge is -2.26. The number of nitrogens with zero attached hydrogens (tertiary/aromatic N) is 3. The highest BCUT2D eigenvalue weighted by atomic mass is 32.2. The van der Waals surface area contributed by atoms with E-state index in [1.807, 2.05) is 6.08 Å². The molecule has 5 nitrogen and oxygen atoms in total. The van der Waals surface area contributed by atoms with Gasteiger partial charge in [-0.15, -0.1) is 16.8 Å². The number of amides is 1. The fourth-order valence-electron chi connectivity index (χ4n) is 4.64. The maximum Gasteiger partial charge on any atom is 0.230 e. The zero-order valence-corrected chi connectivity index (χ0v) is 17.8. The number of rotatable bonds is 7. The fourth-order valence-corrected chi connectivity index (χ4v) is 5.41. The first-order chi connectivity index (χ1) is 14.3. The summed E-state index contributed by atoms with van der Waals surface area (Å²) < 4.78 is 2.15. The molecule has 0 unspecified atom stereocenters. The van der Waals surface area contributed by atoms with Crippen molar-refractivity contribution in [1.82, 2.24) is 20.1 Å². The van der Waals surface area contributed by atoms with Crippen molar-refractivity contribution < 1.29 is 4.79 Å². The molecule has 1 amide bonds. The molecule has 0 radical (unpaired) electrons. The summed E-state index contributed by atoms with van der Waals surface area (Å²) in [5.41, 5.74) is 2.63. The summed E-state index contributed by atoms with van der Waals surface area (Å²) >= 11 is 1.48. The highest BCUT2D eigenvalue weighted by Crippen LogP contribution is 2.33. The van der Waals surface area contributed by atoms with Crippen LogP contribution in [0.5, 0.6) is 0 Å². The van der Waals surface area contributed by atoms with Crippen molar-refractivity contribution in [3.05, 3.63) is 53.9 Å². The molecule has 0 bridgehead atoms. The monoisotopic (exact) mass is 410 g/mol. The predicted octanol–water partition coefficient (Wildman–Crippen LogP) is 4.80. The van der Waals surface area contributed by atoms with Gasteiger partial charge in [0.15, 0.2) is 5.16 Å². The molecule has 29 heavy (non-hydrogen) atoms. The maximum absolute atomic E-state index is 12.7. The average Bonchev–Trinajstić information content (AvgIpc) is 3.16. The summed E-state index contributed by atoms with van der Waals surface area (Å²) in [6, 6.07) is 8.58. The van der Waals surface area contributed by atoms with E-state index in [0.717, 1.165) is 30.2 Å². The Bertz CT molecular complexity index is 856. The van der Waals surface area contributed by atoms with Crippen molar-refractivity contribution in [2.24, 2.45) is 0 Å². The van der Waals surface area contributed by atoms with Crippen molar-refractivity contribution in [3.63, 3.8) is 0 Å². The van der Waals surface area contributed by atoms with Gasteiger partial charge < -0.3 is 9.88 Å². The minimum absolute atomic E-state index is 0.0593. The molecule has 6 heteroatoms. The molecule has 1 aromatic carbocycles. The number of thioether (sulfide) groups is 1. The molecule has 1 saturated carbocycles. The van der Waals surface area contributed by atoms with Crippen LogP contribution >= 0.6 is 11.8 Å². The van der Waals surface area contributed by atoms with Gasteiger partial charge in [0.05, 0.1) is 11.8 Å². The van der Waals surface area contributed by atoms with Crippen LogP contribution < -0.4 is 5.32 Å². The van der Waals surface area contributed by atoms with Gasteiger partial charge in [-0.1, -0.05) is 61.4 Å². The third kappa shape index (κ3) is 4.74. The zero-order chi connectivity index (χ0) is 20.1. The van der Waals surface area contributed by atoms with E-state index in [0.29, 0.717) is 18.2 Å². The molecule has 154 valence electrons. The predicted molar refractivity (Wildman–Crippen MR) is 117 cm³/mol. The Balaban J connectivity index is 1.39. The molecule has 1 N–H and O–H groups in total. The highest BCUT2D eigenvalue weighted by molar-refractivity contribution is 7.99. The standard InChI is InChI=1S/C23H30N4OS/c1-2-15-27-22(18-10-4-3-5-11-18)25-26-23(27)29-16-21(28)24-20-14-8-12-17-9-6-7-13-19(17)20/h2,6-7,9,13,18,20H,1,3-5,8,10-12,14-16H2,(H,24,28)/t20-/m0/s1. The largest absolute Gasteiger partial charge is 0.349 e. The lowest BCUT2D eigenvalue weighted by Crippen LogP contribution is -2.32. The lowest BCUT2D eigenvalue weighted by molar-refractivity contribution is -0.119. The Labute approximate surface area is 177 Å². The second kappa shape index (κ2) is 9.61. The quantitative estimate of drug-likeness (QED) is 0.526. The molecule has 0 saturated heterocycles. The van der Waals surface area contributed by atoms with Crippen LogP contribution in [0.2, 0.25) is 0 Å². The second-order valence-electron chi connectivity index (χ2n) is 8.07. The van der Waals surface area contributed by atoms with Gasteiger partial charge in [-0.05, 0) is 43.2 Å². The Morgan fingerprint density at radius 3 is 2.83 bits per heavy atom. The molecule has 1 aromatic heterocycles. The Kier molecular flexibility index (Phi) is 6.70. The normalized spacial score (nSPS) is 19.5. The third-order valence-corrected chi connectivity index (χ3v) is 7.03. The summed E-state index contributed by atoms with van der Waals surface area (Å²) in [6.07, 6.45) is 11.3. The van der Waals surface area contributed by atoms with Crippen LogP contribution in [0.3, 0.4) is 0 Å². The number of hydrogen-bond acceptors (Lipinski definition) is 4. The van der Waals surface area contributed by atoms with Crippen molar-refractivity contribution >= 4 is 17.7 Å². The summed E-state index contributed by atoms with van der Waals surface area (Å²) in [6.45, 7) is 4.59.